The second-order valence-corrected chi connectivity index (χ2v) is 5.96. The third kappa shape index (κ3) is 4.65. The number of nitrogen functional groups attached to an aromatic ring is 1. The second-order valence-electron chi connectivity index (χ2n) is 5.11. The average Bonchev–Trinajstić information content (AvgIpc) is 2.62. The first-order valence-electron chi connectivity index (χ1n) is 7.36. The molecule has 0 saturated heterocycles. The van der Waals surface area contributed by atoms with E-state index in [0.717, 1.165) is 0 Å². The van der Waals surface area contributed by atoms with Gasteiger partial charge in [0.15, 0.2) is 0 Å². The Balaban J connectivity index is 2.34. The van der Waals surface area contributed by atoms with E-state index in [1.165, 1.54) is 19.2 Å². The molecule has 0 aliphatic heterocycles. The summed E-state index contributed by atoms with van der Waals surface area (Å²) in [6.07, 6.45) is -1.38. The number of hydrogen-bond acceptors (Lipinski definition) is 5. The number of esters is 1. The molecule has 0 bridgehead atoms. The number of anilines is 1. The summed E-state index contributed by atoms with van der Waals surface area (Å²) in [5.74, 6) is -1.73. The molecule has 0 unspecified atom stereocenters. The van der Waals surface area contributed by atoms with Gasteiger partial charge >= 0.3 is 12.0 Å². The van der Waals surface area contributed by atoms with Crippen LogP contribution in [0.25, 0.3) is 0 Å². The Bertz CT molecular complexity index is 843. The van der Waals surface area contributed by atoms with Crippen LogP contribution in [0, 0.1) is 0 Å². The van der Waals surface area contributed by atoms with Crippen molar-refractivity contribution in [3.8, 4) is 0 Å². The molecule has 0 aliphatic rings. The summed E-state index contributed by atoms with van der Waals surface area (Å²) in [6.45, 7) is 0. The van der Waals surface area contributed by atoms with Crippen molar-refractivity contribution in [1.29, 1.82) is 0 Å². The van der Waals surface area contributed by atoms with E-state index in [9.17, 15) is 14.4 Å². The fraction of sp³-hybridized carbons (Fsp3) is 0.118. The molecule has 7 nitrogen and oxygen atoms in total. The molecule has 2 aromatic carbocycles. The molecule has 2 rings (SSSR count). The smallest absolute Gasteiger partial charge is 0.341 e. The molecule has 26 heavy (non-hydrogen) atoms. The van der Waals surface area contributed by atoms with Gasteiger partial charge in [0, 0.05) is 17.6 Å². The topological polar surface area (TPSA) is 111 Å². The molecule has 0 fully saturated rings. The van der Waals surface area contributed by atoms with E-state index in [4.69, 9.17) is 33.7 Å². The van der Waals surface area contributed by atoms with Crippen molar-refractivity contribution in [2.24, 2.45) is 0 Å². The zero-order chi connectivity index (χ0) is 19.3. The van der Waals surface area contributed by atoms with Crippen molar-refractivity contribution in [3.63, 3.8) is 0 Å². The fourth-order valence-electron chi connectivity index (χ4n) is 2.06. The predicted molar refractivity (Wildman–Crippen MR) is 98.1 cm³/mol. The number of hydrogen-bond donors (Lipinski definition) is 3. The quantitative estimate of drug-likeness (QED) is 0.544. The maximum Gasteiger partial charge on any atom is 0.341 e. The number of ether oxygens (including phenoxy) is 1. The number of nitrogens with two attached hydrogens (primary N) is 1. The summed E-state index contributed by atoms with van der Waals surface area (Å²) in [4.78, 5) is 36.3. The van der Waals surface area contributed by atoms with Gasteiger partial charge in [0.1, 0.15) is 0 Å². The van der Waals surface area contributed by atoms with Crippen LogP contribution in [0.15, 0.2) is 42.5 Å². The molecule has 1 atom stereocenters. The SMILES string of the molecule is CNC(=O)NC(=O)[C@H](OC(=O)c1cc(Cl)cc(Cl)c1N)c1ccccc1. The van der Waals surface area contributed by atoms with Gasteiger partial charge in [-0.25, -0.2) is 9.59 Å². The Labute approximate surface area is 159 Å². The Morgan fingerprint density at radius 1 is 1.12 bits per heavy atom. The van der Waals surface area contributed by atoms with E-state index >= 15 is 0 Å². The lowest BCUT2D eigenvalue weighted by atomic mass is 10.1. The molecule has 0 saturated carbocycles. The fourth-order valence-corrected chi connectivity index (χ4v) is 2.56. The number of urea groups is 1. The molecule has 0 heterocycles. The van der Waals surface area contributed by atoms with Crippen LogP contribution in [-0.2, 0) is 9.53 Å². The van der Waals surface area contributed by atoms with E-state index in [1.807, 2.05) is 0 Å². The van der Waals surface area contributed by atoms with Crippen molar-refractivity contribution in [1.82, 2.24) is 10.6 Å². The van der Waals surface area contributed by atoms with Crippen molar-refractivity contribution < 1.29 is 19.1 Å². The Morgan fingerprint density at radius 3 is 2.38 bits per heavy atom. The Morgan fingerprint density at radius 2 is 1.77 bits per heavy atom. The van der Waals surface area contributed by atoms with Crippen molar-refractivity contribution in [3.05, 3.63) is 63.6 Å². The van der Waals surface area contributed by atoms with Gasteiger partial charge in [-0.3, -0.25) is 10.1 Å². The highest BCUT2D eigenvalue weighted by Crippen LogP contribution is 2.29. The predicted octanol–water partition coefficient (Wildman–Crippen LogP) is 2.93. The minimum Gasteiger partial charge on any atom is -0.444 e. The third-order valence-corrected chi connectivity index (χ3v) is 3.87. The van der Waals surface area contributed by atoms with Crippen LogP contribution < -0.4 is 16.4 Å². The monoisotopic (exact) mass is 395 g/mol. The summed E-state index contributed by atoms with van der Waals surface area (Å²) in [5, 5.41) is 4.58. The van der Waals surface area contributed by atoms with Crippen LogP contribution >= 0.6 is 23.2 Å². The summed E-state index contributed by atoms with van der Waals surface area (Å²) < 4.78 is 5.29. The molecular weight excluding hydrogens is 381 g/mol. The normalized spacial score (nSPS) is 11.3. The van der Waals surface area contributed by atoms with Crippen LogP contribution in [0.3, 0.4) is 0 Å². The third-order valence-electron chi connectivity index (χ3n) is 3.34. The van der Waals surface area contributed by atoms with Gasteiger partial charge in [-0.2, -0.15) is 0 Å². The second kappa shape index (κ2) is 8.55. The number of halogens is 2. The number of carbonyl (C=O) groups is 3. The van der Waals surface area contributed by atoms with E-state index in [0.29, 0.717) is 5.56 Å². The highest BCUT2D eigenvalue weighted by Gasteiger charge is 2.28. The lowest BCUT2D eigenvalue weighted by molar-refractivity contribution is -0.129. The van der Waals surface area contributed by atoms with Gasteiger partial charge in [-0.15, -0.1) is 0 Å². The Hall–Kier alpha value is -2.77. The zero-order valence-corrected chi connectivity index (χ0v) is 15.1. The molecule has 0 radical (unpaired) electrons. The number of benzene rings is 2. The van der Waals surface area contributed by atoms with Crippen molar-refractivity contribution >= 4 is 46.8 Å². The zero-order valence-electron chi connectivity index (χ0n) is 13.6. The molecular formula is C17H15Cl2N3O4. The summed E-state index contributed by atoms with van der Waals surface area (Å²) in [5.41, 5.74) is 6.04. The first-order valence-corrected chi connectivity index (χ1v) is 8.12. The van der Waals surface area contributed by atoms with Gasteiger partial charge in [-0.05, 0) is 12.1 Å². The minimum atomic E-state index is -1.38. The lowest BCUT2D eigenvalue weighted by Crippen LogP contribution is -2.41. The van der Waals surface area contributed by atoms with Crippen LogP contribution in [0.5, 0.6) is 0 Å². The minimum absolute atomic E-state index is 0.0282. The van der Waals surface area contributed by atoms with Gasteiger partial charge in [0.2, 0.25) is 6.10 Å². The number of amides is 3. The lowest BCUT2D eigenvalue weighted by Gasteiger charge is -2.18. The van der Waals surface area contributed by atoms with Gasteiger partial charge in [-0.1, -0.05) is 53.5 Å². The average molecular weight is 396 g/mol. The van der Waals surface area contributed by atoms with Crippen molar-refractivity contribution in [2.75, 3.05) is 12.8 Å². The molecule has 0 aromatic heterocycles. The van der Waals surface area contributed by atoms with Gasteiger partial charge in [0.05, 0.1) is 16.3 Å². The number of imide groups is 1. The van der Waals surface area contributed by atoms with E-state index < -0.39 is 24.0 Å². The van der Waals surface area contributed by atoms with E-state index in [-0.39, 0.29) is 21.3 Å². The standard InChI is InChI=1S/C17H15Cl2N3O4/c1-21-17(25)22-15(23)14(9-5-3-2-4-6-9)26-16(24)11-7-10(18)8-12(19)13(11)20/h2-8,14H,20H2,1H3,(H2,21,22,23,25)/t14-/m1/s1. The molecule has 9 heteroatoms. The Kier molecular flexibility index (Phi) is 6.43. The van der Waals surface area contributed by atoms with Crippen LogP contribution in [0.1, 0.15) is 22.0 Å². The molecule has 2 aromatic rings. The molecule has 3 amide bonds. The highest BCUT2D eigenvalue weighted by atomic mass is 35.5. The first-order chi connectivity index (χ1) is 12.3. The van der Waals surface area contributed by atoms with Gasteiger partial charge in [0.25, 0.3) is 5.91 Å². The van der Waals surface area contributed by atoms with Crippen LogP contribution in [0.4, 0.5) is 10.5 Å². The van der Waals surface area contributed by atoms with E-state index in [2.05, 4.69) is 10.6 Å². The largest absolute Gasteiger partial charge is 0.444 e. The summed E-state index contributed by atoms with van der Waals surface area (Å²) in [6, 6.07) is 10.1. The number of nitrogens with one attached hydrogen (secondary N) is 2. The van der Waals surface area contributed by atoms with E-state index in [1.54, 1.807) is 30.3 Å². The maximum atomic E-state index is 12.5. The van der Waals surface area contributed by atoms with Crippen LogP contribution in [-0.4, -0.2) is 25.0 Å². The van der Waals surface area contributed by atoms with Crippen molar-refractivity contribution in [2.45, 2.75) is 6.10 Å². The van der Waals surface area contributed by atoms with Gasteiger partial charge < -0.3 is 15.8 Å². The molecule has 0 aliphatic carbocycles. The molecule has 0 spiro atoms. The molecule has 136 valence electrons. The first kappa shape index (κ1) is 19.6. The number of carbonyl (C=O) groups excluding carboxylic acids is 3. The summed E-state index contributed by atoms with van der Waals surface area (Å²) in [7, 11) is 1.35. The number of rotatable bonds is 4. The highest BCUT2D eigenvalue weighted by molar-refractivity contribution is 6.37. The molecule has 4 N–H and O–H groups in total. The van der Waals surface area contributed by atoms with Crippen LogP contribution in [0.2, 0.25) is 10.0 Å². The summed E-state index contributed by atoms with van der Waals surface area (Å²) >= 11 is 11.8. The maximum absolute atomic E-state index is 12.5.